The molecule has 1 aliphatic carbocycles. The van der Waals surface area contributed by atoms with Crippen molar-refractivity contribution in [3.8, 4) is 5.75 Å². The van der Waals surface area contributed by atoms with Gasteiger partial charge in [-0.05, 0) is 62.2 Å². The van der Waals surface area contributed by atoms with Gasteiger partial charge in [-0.3, -0.25) is 9.52 Å². The first kappa shape index (κ1) is 20.1. The van der Waals surface area contributed by atoms with Gasteiger partial charge < -0.3 is 9.64 Å². The number of benzene rings is 2. The van der Waals surface area contributed by atoms with Gasteiger partial charge in [0.05, 0.1) is 17.2 Å². The third-order valence-electron chi connectivity index (χ3n) is 4.91. The van der Waals surface area contributed by atoms with Gasteiger partial charge in [-0.25, -0.2) is 8.42 Å². The van der Waals surface area contributed by atoms with E-state index in [0.717, 1.165) is 17.7 Å². The molecule has 4 rings (SSSR count). The summed E-state index contributed by atoms with van der Waals surface area (Å²) in [5.41, 5.74) is 1.15. The summed E-state index contributed by atoms with van der Waals surface area (Å²) >= 11 is 1.67. The number of amides is 1. The smallest absolute Gasteiger partial charge is 0.261 e. The van der Waals surface area contributed by atoms with E-state index < -0.39 is 10.0 Å². The van der Waals surface area contributed by atoms with Crippen LogP contribution in [0.5, 0.6) is 5.75 Å². The zero-order valence-corrected chi connectivity index (χ0v) is 18.1. The molecule has 8 heteroatoms. The highest BCUT2D eigenvalue weighted by molar-refractivity contribution is 8.00. The predicted molar refractivity (Wildman–Crippen MR) is 115 cm³/mol. The van der Waals surface area contributed by atoms with Crippen LogP contribution in [0.25, 0.3) is 0 Å². The zero-order valence-electron chi connectivity index (χ0n) is 16.4. The van der Waals surface area contributed by atoms with Crippen LogP contribution in [0.3, 0.4) is 0 Å². The van der Waals surface area contributed by atoms with Crippen LogP contribution < -0.4 is 14.4 Å². The Bertz CT molecular complexity index is 1020. The molecular weight excluding hydrogens is 408 g/mol. The van der Waals surface area contributed by atoms with Gasteiger partial charge in [-0.1, -0.05) is 6.92 Å². The summed E-state index contributed by atoms with van der Waals surface area (Å²) in [5, 5.41) is 0.273. The summed E-state index contributed by atoms with van der Waals surface area (Å²) < 4.78 is 33.9. The summed E-state index contributed by atoms with van der Waals surface area (Å²) in [5.74, 6) is 0.873. The fourth-order valence-corrected chi connectivity index (χ4v) is 5.52. The first-order valence-corrected chi connectivity index (χ1v) is 12.1. The molecule has 0 aromatic heterocycles. The van der Waals surface area contributed by atoms with E-state index in [-0.39, 0.29) is 22.0 Å². The van der Waals surface area contributed by atoms with Crippen molar-refractivity contribution in [1.29, 1.82) is 0 Å². The Hall–Kier alpha value is -2.19. The van der Waals surface area contributed by atoms with Gasteiger partial charge in [0.25, 0.3) is 10.0 Å². The molecule has 2 aliphatic rings. The number of carbonyl (C=O) groups excluding carboxylic acids is 1. The number of rotatable bonds is 6. The van der Waals surface area contributed by atoms with Crippen molar-refractivity contribution in [3.63, 3.8) is 0 Å². The van der Waals surface area contributed by atoms with Crippen molar-refractivity contribution in [1.82, 2.24) is 0 Å². The van der Waals surface area contributed by atoms with E-state index >= 15 is 0 Å². The minimum absolute atomic E-state index is 0.0837. The van der Waals surface area contributed by atoms with E-state index in [0.29, 0.717) is 30.3 Å². The molecule has 1 atom stereocenters. The highest BCUT2D eigenvalue weighted by Gasteiger charge is 2.37. The molecule has 29 heavy (non-hydrogen) atoms. The van der Waals surface area contributed by atoms with E-state index in [4.69, 9.17) is 4.74 Å². The van der Waals surface area contributed by atoms with Crippen LogP contribution in [0, 0.1) is 5.92 Å². The molecule has 1 fully saturated rings. The number of thioether (sulfide) groups is 1. The first-order chi connectivity index (χ1) is 13.9. The molecule has 1 heterocycles. The van der Waals surface area contributed by atoms with Crippen LogP contribution in [-0.2, 0) is 14.8 Å². The monoisotopic (exact) mass is 432 g/mol. The molecule has 1 amide bonds. The zero-order chi connectivity index (χ0) is 20.6. The normalized spacial score (nSPS) is 18.8. The maximum atomic E-state index is 12.9. The molecule has 2 aromatic rings. The maximum Gasteiger partial charge on any atom is 0.261 e. The molecule has 154 valence electrons. The molecule has 0 saturated heterocycles. The number of hydrogen-bond acceptors (Lipinski definition) is 5. The highest BCUT2D eigenvalue weighted by Crippen LogP contribution is 2.42. The Balaban J connectivity index is 1.61. The second-order valence-corrected chi connectivity index (χ2v) is 10.5. The first-order valence-electron chi connectivity index (χ1n) is 9.75. The Morgan fingerprint density at radius 1 is 1.21 bits per heavy atom. The van der Waals surface area contributed by atoms with E-state index in [9.17, 15) is 13.2 Å². The van der Waals surface area contributed by atoms with Gasteiger partial charge in [0, 0.05) is 28.3 Å². The topological polar surface area (TPSA) is 75.7 Å². The summed E-state index contributed by atoms with van der Waals surface area (Å²) in [6.45, 7) is 5.12. The molecule has 1 saturated carbocycles. The SMILES string of the molecule is CCOc1ccc(NS(=O)(=O)c2ccc3c(c2)N(C(=O)C2CC2)C[C@H](C)S3)cc1. The van der Waals surface area contributed by atoms with Crippen molar-refractivity contribution in [2.45, 2.75) is 41.7 Å². The number of carbonyl (C=O) groups is 1. The van der Waals surface area contributed by atoms with Crippen molar-refractivity contribution < 1.29 is 17.9 Å². The molecule has 1 N–H and O–H groups in total. The minimum Gasteiger partial charge on any atom is -0.494 e. The summed E-state index contributed by atoms with van der Waals surface area (Å²) in [4.78, 5) is 15.6. The number of nitrogens with zero attached hydrogens (tertiary/aromatic N) is 1. The van der Waals surface area contributed by atoms with Crippen molar-refractivity contribution in [2.75, 3.05) is 22.8 Å². The lowest BCUT2D eigenvalue weighted by molar-refractivity contribution is -0.119. The average Bonchev–Trinajstić information content (AvgIpc) is 3.53. The Morgan fingerprint density at radius 2 is 1.93 bits per heavy atom. The molecule has 0 spiro atoms. The number of anilines is 2. The third kappa shape index (κ3) is 4.38. The van der Waals surface area contributed by atoms with Crippen LogP contribution in [0.2, 0.25) is 0 Å². The van der Waals surface area contributed by atoms with Crippen molar-refractivity contribution in [2.24, 2.45) is 5.92 Å². The van der Waals surface area contributed by atoms with Crippen LogP contribution in [-0.4, -0.2) is 32.7 Å². The van der Waals surface area contributed by atoms with Crippen molar-refractivity contribution in [3.05, 3.63) is 42.5 Å². The Kier molecular flexibility index (Phi) is 5.48. The van der Waals surface area contributed by atoms with Crippen molar-refractivity contribution >= 4 is 39.1 Å². The summed E-state index contributed by atoms with van der Waals surface area (Å²) in [7, 11) is -3.78. The molecule has 2 aromatic carbocycles. The lowest BCUT2D eigenvalue weighted by Gasteiger charge is -2.33. The maximum absolute atomic E-state index is 12.9. The van der Waals surface area contributed by atoms with E-state index in [1.165, 1.54) is 0 Å². The second kappa shape index (κ2) is 7.91. The van der Waals surface area contributed by atoms with Crippen LogP contribution >= 0.6 is 11.8 Å². The number of fused-ring (bicyclic) bond motifs is 1. The molecule has 1 aliphatic heterocycles. The van der Waals surface area contributed by atoms with Crippen LogP contribution in [0.1, 0.15) is 26.7 Å². The van der Waals surface area contributed by atoms with Gasteiger partial charge in [-0.2, -0.15) is 0 Å². The van der Waals surface area contributed by atoms with E-state index in [2.05, 4.69) is 11.6 Å². The fourth-order valence-electron chi connectivity index (χ4n) is 3.34. The summed E-state index contributed by atoms with van der Waals surface area (Å²) in [6.07, 6.45) is 1.84. The Labute approximate surface area is 175 Å². The van der Waals surface area contributed by atoms with Gasteiger partial charge in [0.2, 0.25) is 5.91 Å². The predicted octanol–water partition coefficient (Wildman–Crippen LogP) is 4.12. The van der Waals surface area contributed by atoms with E-state index in [1.807, 2.05) is 6.92 Å². The number of ether oxygens (including phenoxy) is 1. The number of nitrogens with one attached hydrogen (secondary N) is 1. The molecule has 0 bridgehead atoms. The quantitative estimate of drug-likeness (QED) is 0.743. The standard InChI is InChI=1S/C21H24N2O4S2/c1-3-27-17-8-6-16(7-9-17)22-29(25,26)18-10-11-20-19(12-18)23(13-14(2)28-20)21(24)15-4-5-15/h6-12,14-15,22H,3-5,13H2,1-2H3/t14-/m0/s1. The second-order valence-electron chi connectivity index (χ2n) is 7.34. The largest absolute Gasteiger partial charge is 0.494 e. The lowest BCUT2D eigenvalue weighted by atomic mass is 10.2. The van der Waals surface area contributed by atoms with Crippen LogP contribution in [0.4, 0.5) is 11.4 Å². The summed E-state index contributed by atoms with van der Waals surface area (Å²) in [6, 6.07) is 11.8. The Morgan fingerprint density at radius 3 is 2.59 bits per heavy atom. The van der Waals surface area contributed by atoms with Gasteiger partial charge in [0.15, 0.2) is 0 Å². The molecular formula is C21H24N2O4S2. The minimum atomic E-state index is -3.78. The number of hydrogen-bond donors (Lipinski definition) is 1. The third-order valence-corrected chi connectivity index (χ3v) is 7.44. The molecule has 0 unspecified atom stereocenters. The van der Waals surface area contributed by atoms with Crippen LogP contribution in [0.15, 0.2) is 52.3 Å². The van der Waals surface area contributed by atoms with E-state index in [1.54, 1.807) is 59.1 Å². The molecule has 6 nitrogen and oxygen atoms in total. The van der Waals surface area contributed by atoms with Gasteiger partial charge >= 0.3 is 0 Å². The average molecular weight is 433 g/mol. The van der Waals surface area contributed by atoms with Gasteiger partial charge in [-0.15, -0.1) is 11.8 Å². The van der Waals surface area contributed by atoms with Gasteiger partial charge in [0.1, 0.15) is 5.75 Å². The lowest BCUT2D eigenvalue weighted by Crippen LogP contribution is -2.39. The highest BCUT2D eigenvalue weighted by atomic mass is 32.2. The number of sulfonamides is 1. The molecule has 0 radical (unpaired) electrons. The fraction of sp³-hybridized carbons (Fsp3) is 0.381.